The molecule has 0 saturated carbocycles. The Morgan fingerprint density at radius 2 is 1.59 bits per heavy atom. The SMILES string of the molecule is O=C(COC(=O)c1ccc(Oc2ccccc2)cc1)c1cc2c3c(c1)CC(=O)N3CCC2. The number of hydrogen-bond donors (Lipinski definition) is 0. The fourth-order valence-corrected chi connectivity index (χ4v) is 4.22. The van der Waals surface area contributed by atoms with Crippen molar-refractivity contribution in [1.82, 2.24) is 0 Å². The van der Waals surface area contributed by atoms with E-state index in [4.69, 9.17) is 9.47 Å². The van der Waals surface area contributed by atoms with Crippen LogP contribution in [0.15, 0.2) is 66.7 Å². The monoisotopic (exact) mass is 427 g/mol. The first-order valence-electron chi connectivity index (χ1n) is 10.6. The third-order valence-electron chi connectivity index (χ3n) is 5.73. The quantitative estimate of drug-likeness (QED) is 0.432. The van der Waals surface area contributed by atoms with Crippen LogP contribution < -0.4 is 9.64 Å². The van der Waals surface area contributed by atoms with Gasteiger partial charge in [-0.05, 0) is 72.5 Å². The highest BCUT2D eigenvalue weighted by atomic mass is 16.5. The summed E-state index contributed by atoms with van der Waals surface area (Å²) in [6.07, 6.45) is 2.04. The highest BCUT2D eigenvalue weighted by Crippen LogP contribution is 2.37. The Morgan fingerprint density at radius 3 is 2.38 bits per heavy atom. The number of amides is 1. The van der Waals surface area contributed by atoms with Gasteiger partial charge in [-0.1, -0.05) is 18.2 Å². The summed E-state index contributed by atoms with van der Waals surface area (Å²) < 4.78 is 11.0. The number of ketones is 1. The standard InChI is InChI=1S/C26H21NO5/c28-23(19-13-18-5-4-12-27-24(29)15-20(14-19)25(18)27)16-31-26(30)17-8-10-22(11-9-17)32-21-6-2-1-3-7-21/h1-3,6-11,13-14H,4-5,12,15-16H2. The van der Waals surface area contributed by atoms with Gasteiger partial charge in [0.2, 0.25) is 5.91 Å². The first-order chi connectivity index (χ1) is 15.6. The van der Waals surface area contributed by atoms with Gasteiger partial charge in [0.05, 0.1) is 17.7 Å². The maximum atomic E-state index is 12.7. The molecule has 2 heterocycles. The average molecular weight is 427 g/mol. The molecule has 0 saturated heterocycles. The van der Waals surface area contributed by atoms with E-state index in [1.165, 1.54) is 0 Å². The Hall–Kier alpha value is -3.93. The lowest BCUT2D eigenvalue weighted by Gasteiger charge is -2.25. The average Bonchev–Trinajstić information content (AvgIpc) is 3.15. The van der Waals surface area contributed by atoms with Crippen molar-refractivity contribution in [2.75, 3.05) is 18.1 Å². The van der Waals surface area contributed by atoms with Gasteiger partial charge in [-0.15, -0.1) is 0 Å². The van der Waals surface area contributed by atoms with Gasteiger partial charge in [-0.2, -0.15) is 0 Å². The van der Waals surface area contributed by atoms with Crippen molar-refractivity contribution < 1.29 is 23.9 Å². The van der Waals surface area contributed by atoms with Crippen molar-refractivity contribution in [2.24, 2.45) is 0 Å². The topological polar surface area (TPSA) is 72.9 Å². The molecule has 3 aromatic carbocycles. The smallest absolute Gasteiger partial charge is 0.338 e. The third kappa shape index (κ3) is 3.87. The molecule has 1 amide bonds. The third-order valence-corrected chi connectivity index (χ3v) is 5.73. The number of hydrogen-bond acceptors (Lipinski definition) is 5. The number of ether oxygens (including phenoxy) is 2. The number of Topliss-reactive ketones (excluding diaryl/α,β-unsaturated/α-hetero) is 1. The summed E-state index contributed by atoms with van der Waals surface area (Å²) in [5.74, 6) is 0.522. The van der Waals surface area contributed by atoms with Crippen LogP contribution in [0.3, 0.4) is 0 Å². The normalized spacial score (nSPS) is 14.1. The van der Waals surface area contributed by atoms with Crippen molar-refractivity contribution in [3.8, 4) is 11.5 Å². The highest BCUT2D eigenvalue weighted by molar-refractivity contribution is 6.05. The minimum atomic E-state index is -0.575. The maximum Gasteiger partial charge on any atom is 0.338 e. The van der Waals surface area contributed by atoms with E-state index in [2.05, 4.69) is 0 Å². The summed E-state index contributed by atoms with van der Waals surface area (Å²) in [5.41, 5.74) is 3.69. The van der Waals surface area contributed by atoms with Crippen LogP contribution in [0.4, 0.5) is 5.69 Å². The van der Waals surface area contributed by atoms with E-state index < -0.39 is 5.97 Å². The maximum absolute atomic E-state index is 12.7. The Balaban J connectivity index is 1.22. The highest BCUT2D eigenvalue weighted by Gasteiger charge is 2.33. The van der Waals surface area contributed by atoms with Gasteiger partial charge >= 0.3 is 5.97 Å². The molecule has 0 atom stereocenters. The van der Waals surface area contributed by atoms with Gasteiger partial charge in [0.25, 0.3) is 0 Å². The second kappa shape index (κ2) is 8.30. The summed E-state index contributed by atoms with van der Waals surface area (Å²) in [7, 11) is 0. The molecule has 0 unspecified atom stereocenters. The van der Waals surface area contributed by atoms with Crippen LogP contribution in [0.5, 0.6) is 11.5 Å². The summed E-state index contributed by atoms with van der Waals surface area (Å²) in [6, 6.07) is 19.5. The van der Waals surface area contributed by atoms with Crippen LogP contribution >= 0.6 is 0 Å². The van der Waals surface area contributed by atoms with Crippen LogP contribution in [0.1, 0.15) is 38.3 Å². The molecule has 32 heavy (non-hydrogen) atoms. The van der Waals surface area contributed by atoms with Crippen molar-refractivity contribution in [2.45, 2.75) is 19.3 Å². The van der Waals surface area contributed by atoms with Crippen LogP contribution in [-0.4, -0.2) is 30.8 Å². The molecular formula is C26H21NO5. The van der Waals surface area contributed by atoms with E-state index in [0.717, 1.165) is 36.2 Å². The lowest BCUT2D eigenvalue weighted by atomic mass is 9.95. The molecule has 0 aliphatic carbocycles. The number of esters is 1. The molecule has 0 fully saturated rings. The zero-order valence-electron chi connectivity index (χ0n) is 17.4. The van der Waals surface area contributed by atoms with E-state index in [0.29, 0.717) is 29.0 Å². The Bertz CT molecular complexity index is 1200. The van der Waals surface area contributed by atoms with Gasteiger partial charge in [0, 0.05) is 12.1 Å². The summed E-state index contributed by atoms with van der Waals surface area (Å²) in [5, 5.41) is 0. The van der Waals surface area contributed by atoms with E-state index in [1.54, 1.807) is 30.3 Å². The molecule has 0 radical (unpaired) electrons. The van der Waals surface area contributed by atoms with Gasteiger partial charge in [-0.3, -0.25) is 9.59 Å². The van der Waals surface area contributed by atoms with Crippen LogP contribution in [-0.2, 0) is 22.4 Å². The first kappa shape index (κ1) is 20.0. The zero-order chi connectivity index (χ0) is 22.1. The van der Waals surface area contributed by atoms with Gasteiger partial charge < -0.3 is 14.4 Å². The Labute approximate surface area is 185 Å². The first-order valence-corrected chi connectivity index (χ1v) is 10.6. The van der Waals surface area contributed by atoms with Crippen LogP contribution in [0.25, 0.3) is 0 Å². The van der Waals surface area contributed by atoms with Crippen LogP contribution in [0, 0.1) is 0 Å². The fourth-order valence-electron chi connectivity index (χ4n) is 4.22. The van der Waals surface area contributed by atoms with Crippen LogP contribution in [0.2, 0.25) is 0 Å². The van der Waals surface area contributed by atoms with E-state index in [1.807, 2.05) is 41.3 Å². The van der Waals surface area contributed by atoms with Crippen molar-refractivity contribution in [1.29, 1.82) is 0 Å². The second-order valence-electron chi connectivity index (χ2n) is 7.91. The molecule has 0 bridgehead atoms. The largest absolute Gasteiger partial charge is 0.457 e. The Morgan fingerprint density at radius 1 is 0.875 bits per heavy atom. The number of carbonyl (C=O) groups excluding carboxylic acids is 3. The molecule has 0 spiro atoms. The molecule has 160 valence electrons. The molecule has 6 nitrogen and oxygen atoms in total. The number of aryl methyl sites for hydroxylation is 1. The number of benzene rings is 3. The van der Waals surface area contributed by atoms with Gasteiger partial charge in [-0.25, -0.2) is 4.79 Å². The second-order valence-corrected chi connectivity index (χ2v) is 7.91. The zero-order valence-corrected chi connectivity index (χ0v) is 17.4. The minimum absolute atomic E-state index is 0.0802. The Kier molecular flexibility index (Phi) is 5.19. The van der Waals surface area contributed by atoms with E-state index in [9.17, 15) is 14.4 Å². The number of para-hydroxylation sites is 1. The summed E-state index contributed by atoms with van der Waals surface area (Å²) in [4.78, 5) is 39.1. The van der Waals surface area contributed by atoms with Crippen molar-refractivity contribution in [3.63, 3.8) is 0 Å². The number of nitrogens with zero attached hydrogens (tertiary/aromatic N) is 1. The summed E-state index contributed by atoms with van der Waals surface area (Å²) in [6.45, 7) is 0.385. The van der Waals surface area contributed by atoms with E-state index >= 15 is 0 Å². The number of anilines is 1. The lowest BCUT2D eigenvalue weighted by Crippen LogP contribution is -2.31. The molecule has 0 aromatic heterocycles. The molecule has 2 aliphatic heterocycles. The lowest BCUT2D eigenvalue weighted by molar-refractivity contribution is -0.117. The number of rotatable bonds is 6. The molecule has 0 N–H and O–H groups in total. The van der Waals surface area contributed by atoms with Crippen molar-refractivity contribution >= 4 is 23.3 Å². The molecule has 3 aromatic rings. The predicted molar refractivity (Wildman–Crippen MR) is 118 cm³/mol. The molecule has 6 heteroatoms. The summed E-state index contributed by atoms with van der Waals surface area (Å²) >= 11 is 0. The molecule has 2 aliphatic rings. The van der Waals surface area contributed by atoms with Gasteiger partial charge in [0.15, 0.2) is 12.4 Å². The fraction of sp³-hybridized carbons (Fsp3) is 0.192. The number of carbonyl (C=O) groups is 3. The van der Waals surface area contributed by atoms with Crippen molar-refractivity contribution in [3.05, 3.63) is 89.0 Å². The molecular weight excluding hydrogens is 406 g/mol. The van der Waals surface area contributed by atoms with Gasteiger partial charge in [0.1, 0.15) is 11.5 Å². The predicted octanol–water partition coefficient (Wildman–Crippen LogP) is 4.35. The van der Waals surface area contributed by atoms with E-state index in [-0.39, 0.29) is 18.3 Å². The minimum Gasteiger partial charge on any atom is -0.457 e. The molecule has 5 rings (SSSR count).